The van der Waals surface area contributed by atoms with Crippen molar-refractivity contribution < 1.29 is 26.4 Å². The third-order valence-electron chi connectivity index (χ3n) is 5.95. The number of imidazole rings is 1. The van der Waals surface area contributed by atoms with Crippen molar-refractivity contribution in [1.29, 1.82) is 0 Å². The van der Waals surface area contributed by atoms with Crippen LogP contribution in [0.15, 0.2) is 79.2 Å². The molecule has 0 aliphatic heterocycles. The van der Waals surface area contributed by atoms with Crippen LogP contribution in [0.2, 0.25) is 0 Å². The van der Waals surface area contributed by atoms with Gasteiger partial charge in [0.2, 0.25) is 0 Å². The van der Waals surface area contributed by atoms with Gasteiger partial charge in [-0.3, -0.25) is 0 Å². The average Bonchev–Trinajstić information content (AvgIpc) is 3.55. The Hall–Kier alpha value is -2.16. The number of ether oxygens (including phenoxy) is 1. The van der Waals surface area contributed by atoms with E-state index in [2.05, 4.69) is 85.5 Å². The SMILES string of the molecule is CC(C)c1c[n+](C(C)C)c2ccc(OCCCCCCC3C=CC=C3)cn12.[Fe+2].c1cc[cH-]c1. The molecule has 0 amide bonds. The molecule has 178 valence electrons. The molecule has 0 unspecified atom stereocenters. The smallest absolute Gasteiger partial charge is 0.490 e. The predicted molar refractivity (Wildman–Crippen MR) is 134 cm³/mol. The van der Waals surface area contributed by atoms with Crippen molar-refractivity contribution in [2.75, 3.05) is 6.61 Å². The number of unbranched alkanes of at least 4 members (excludes halogenated alkanes) is 3. The normalized spacial score (nSPS) is 12.9. The minimum absolute atomic E-state index is 0. The van der Waals surface area contributed by atoms with Crippen LogP contribution < -0.4 is 9.30 Å². The molecule has 33 heavy (non-hydrogen) atoms. The molecular weight excluding hydrogens is 448 g/mol. The zero-order chi connectivity index (χ0) is 22.8. The Bertz CT molecular complexity index is 953. The molecule has 2 heterocycles. The molecule has 0 N–H and O–H groups in total. The van der Waals surface area contributed by atoms with Crippen molar-refractivity contribution in [3.8, 4) is 5.75 Å². The molecule has 0 bridgehead atoms. The van der Waals surface area contributed by atoms with Crippen molar-refractivity contribution in [2.24, 2.45) is 5.92 Å². The van der Waals surface area contributed by atoms with Gasteiger partial charge >= 0.3 is 17.1 Å². The van der Waals surface area contributed by atoms with Crippen molar-refractivity contribution >= 4 is 5.65 Å². The van der Waals surface area contributed by atoms with Crippen molar-refractivity contribution in [3.63, 3.8) is 0 Å². The first kappa shape index (κ1) is 27.1. The first-order valence-corrected chi connectivity index (χ1v) is 12.3. The first-order valence-electron chi connectivity index (χ1n) is 12.3. The van der Waals surface area contributed by atoms with E-state index in [1.165, 1.54) is 37.0 Å². The van der Waals surface area contributed by atoms with Gasteiger partial charge in [-0.2, -0.15) is 22.6 Å². The zero-order valence-corrected chi connectivity index (χ0v) is 21.7. The van der Waals surface area contributed by atoms with Crippen LogP contribution in [-0.2, 0) is 17.1 Å². The monoisotopic (exact) mass is 488 g/mol. The molecule has 3 aromatic rings. The largest absolute Gasteiger partial charge is 2.00 e. The fraction of sp³-hybridized carbons (Fsp3) is 0.448. The van der Waals surface area contributed by atoms with E-state index in [9.17, 15) is 0 Å². The number of hydrogen-bond acceptors (Lipinski definition) is 1. The van der Waals surface area contributed by atoms with Crippen LogP contribution in [0.25, 0.3) is 5.65 Å². The second-order valence-electron chi connectivity index (χ2n) is 9.25. The van der Waals surface area contributed by atoms with Gasteiger partial charge in [0, 0.05) is 12.0 Å². The Morgan fingerprint density at radius 1 is 0.970 bits per heavy atom. The molecule has 1 aliphatic rings. The molecule has 0 fully saturated rings. The maximum absolute atomic E-state index is 6.05. The zero-order valence-electron chi connectivity index (χ0n) is 20.6. The van der Waals surface area contributed by atoms with E-state index in [0.717, 1.165) is 18.8 Å². The van der Waals surface area contributed by atoms with Crippen LogP contribution in [0.5, 0.6) is 5.75 Å². The summed E-state index contributed by atoms with van der Waals surface area (Å²) in [6.07, 6.45) is 19.6. The summed E-state index contributed by atoms with van der Waals surface area (Å²) in [5, 5.41) is 0. The first-order chi connectivity index (χ1) is 15.6. The molecule has 0 atom stereocenters. The molecule has 0 spiro atoms. The van der Waals surface area contributed by atoms with Crippen LogP contribution in [0.3, 0.4) is 0 Å². The Morgan fingerprint density at radius 2 is 1.67 bits per heavy atom. The average molecular weight is 488 g/mol. The second kappa shape index (κ2) is 14.2. The van der Waals surface area contributed by atoms with E-state index in [1.54, 1.807) is 0 Å². The number of fused-ring (bicyclic) bond motifs is 1. The molecule has 1 aromatic carbocycles. The van der Waals surface area contributed by atoms with Crippen molar-refractivity contribution in [2.45, 2.75) is 71.8 Å². The van der Waals surface area contributed by atoms with Crippen LogP contribution in [0, 0.1) is 5.92 Å². The number of allylic oxidation sites excluding steroid dienone is 4. The summed E-state index contributed by atoms with van der Waals surface area (Å²) >= 11 is 0. The molecule has 2 aromatic heterocycles. The molecule has 0 saturated carbocycles. The van der Waals surface area contributed by atoms with E-state index in [-0.39, 0.29) is 17.1 Å². The molecule has 1 aliphatic carbocycles. The number of hydrogen-bond donors (Lipinski definition) is 0. The van der Waals surface area contributed by atoms with E-state index < -0.39 is 0 Å². The summed E-state index contributed by atoms with van der Waals surface area (Å²) in [4.78, 5) is 0. The number of rotatable bonds is 10. The molecule has 0 radical (unpaired) electrons. The Balaban J connectivity index is 0.000000568. The van der Waals surface area contributed by atoms with E-state index >= 15 is 0 Å². The second-order valence-corrected chi connectivity index (χ2v) is 9.25. The standard InChI is InChI=1S/C24H35N2O.C5H5.Fe/c1-19(2)23-18-25(20(3)4)24-15-14-22(17-26(23)24)27-16-10-6-5-7-11-21-12-8-9-13-21;1-2-4-5-3-1;/h8-9,12-15,17-21H,5-7,10-11,16H2,1-4H3;1-5H;/q+1;-1;+2. The van der Waals surface area contributed by atoms with Crippen LogP contribution >= 0.6 is 0 Å². The van der Waals surface area contributed by atoms with Crippen LogP contribution in [0.4, 0.5) is 0 Å². The van der Waals surface area contributed by atoms with E-state index in [4.69, 9.17) is 4.74 Å². The summed E-state index contributed by atoms with van der Waals surface area (Å²) in [6.45, 7) is 9.76. The van der Waals surface area contributed by atoms with Crippen LogP contribution in [-0.4, -0.2) is 11.0 Å². The topological polar surface area (TPSA) is 17.5 Å². The minimum atomic E-state index is 0. The third-order valence-corrected chi connectivity index (χ3v) is 5.95. The van der Waals surface area contributed by atoms with Gasteiger partial charge in [-0.1, -0.05) is 57.4 Å². The molecule has 0 saturated heterocycles. The van der Waals surface area contributed by atoms with Crippen LogP contribution in [0.1, 0.15) is 77.5 Å². The van der Waals surface area contributed by atoms with Gasteiger partial charge in [0.15, 0.2) is 11.4 Å². The molecular formula is C29H40FeN2O+2. The Morgan fingerprint density at radius 3 is 2.27 bits per heavy atom. The summed E-state index contributed by atoms with van der Waals surface area (Å²) < 4.78 is 10.7. The Kier molecular flexibility index (Phi) is 11.6. The van der Waals surface area contributed by atoms with Gasteiger partial charge < -0.3 is 4.74 Å². The van der Waals surface area contributed by atoms with E-state index in [0.29, 0.717) is 17.9 Å². The van der Waals surface area contributed by atoms with Gasteiger partial charge in [0.1, 0.15) is 12.4 Å². The van der Waals surface area contributed by atoms with Gasteiger partial charge in [-0.25, -0.2) is 16.7 Å². The maximum Gasteiger partial charge on any atom is 2.00 e. The Labute approximate surface area is 211 Å². The summed E-state index contributed by atoms with van der Waals surface area (Å²) in [6, 6.07) is 14.7. The van der Waals surface area contributed by atoms with Gasteiger partial charge in [-0.05, 0) is 38.7 Å². The van der Waals surface area contributed by atoms with Crippen molar-refractivity contribution in [3.05, 3.63) is 84.9 Å². The summed E-state index contributed by atoms with van der Waals surface area (Å²) in [5.74, 6) is 2.13. The van der Waals surface area contributed by atoms with E-state index in [1.807, 2.05) is 30.3 Å². The number of aromatic nitrogens is 2. The van der Waals surface area contributed by atoms with Crippen molar-refractivity contribution in [1.82, 2.24) is 4.40 Å². The van der Waals surface area contributed by atoms with Gasteiger partial charge in [0.05, 0.1) is 12.6 Å². The number of pyridine rings is 1. The maximum atomic E-state index is 6.05. The minimum Gasteiger partial charge on any atom is -0.490 e. The van der Waals surface area contributed by atoms with Gasteiger partial charge in [-0.15, -0.1) is 0 Å². The van der Waals surface area contributed by atoms with Gasteiger partial charge in [0.25, 0.3) is 5.65 Å². The fourth-order valence-corrected chi connectivity index (χ4v) is 4.10. The molecule has 3 nitrogen and oxygen atoms in total. The fourth-order valence-electron chi connectivity index (χ4n) is 4.10. The molecule has 4 rings (SSSR count). The third kappa shape index (κ3) is 8.28. The predicted octanol–water partition coefficient (Wildman–Crippen LogP) is 7.41. The quantitative estimate of drug-likeness (QED) is 0.126. The summed E-state index contributed by atoms with van der Waals surface area (Å²) in [5.41, 5.74) is 2.57. The number of nitrogens with zero attached hydrogens (tertiary/aromatic N) is 2. The molecule has 4 heteroatoms. The summed E-state index contributed by atoms with van der Waals surface area (Å²) in [7, 11) is 0.